The lowest BCUT2D eigenvalue weighted by molar-refractivity contribution is 0.262. The van der Waals surface area contributed by atoms with E-state index in [9.17, 15) is 9.59 Å². The van der Waals surface area contributed by atoms with Gasteiger partial charge in [-0.2, -0.15) is 15.2 Å². The molecule has 52 heavy (non-hydrogen) atoms. The molecule has 0 aliphatic rings. The van der Waals surface area contributed by atoms with Crippen molar-refractivity contribution in [2.75, 3.05) is 30.6 Å². The molecule has 0 saturated heterocycles. The lowest BCUT2D eigenvalue weighted by atomic mass is 10.1. The van der Waals surface area contributed by atoms with Crippen molar-refractivity contribution in [1.29, 1.82) is 0 Å². The second-order valence-electron chi connectivity index (χ2n) is 10.6. The summed E-state index contributed by atoms with van der Waals surface area (Å²) in [6, 6.07) is 24.1. The third kappa shape index (κ3) is 10.7. The van der Waals surface area contributed by atoms with Crippen molar-refractivity contribution < 1.29 is 19.1 Å². The minimum absolute atomic E-state index is 0.354. The quantitative estimate of drug-likeness (QED) is 0.0821. The number of aryl methyl sites for hydroxylation is 2. The summed E-state index contributed by atoms with van der Waals surface area (Å²) in [7, 11) is 6.96. The van der Waals surface area contributed by atoms with Crippen LogP contribution in [0.3, 0.4) is 0 Å². The van der Waals surface area contributed by atoms with Crippen LogP contribution in [0.15, 0.2) is 111 Å². The van der Waals surface area contributed by atoms with Crippen LogP contribution in [0.25, 0.3) is 22.5 Å². The number of aliphatic imine (C=N–C) groups is 1. The van der Waals surface area contributed by atoms with E-state index < -0.39 is 0 Å². The van der Waals surface area contributed by atoms with E-state index in [4.69, 9.17) is 38.4 Å². The van der Waals surface area contributed by atoms with Gasteiger partial charge in [0.05, 0.1) is 52.6 Å². The number of nitrogens with one attached hydrogen (secondary N) is 2. The van der Waals surface area contributed by atoms with Crippen molar-refractivity contribution in [2.45, 2.75) is 0 Å². The number of carbonyl (C=O) groups excluding carboxylic acids is 2. The third-order valence-electron chi connectivity index (χ3n) is 7.08. The highest BCUT2D eigenvalue weighted by Crippen LogP contribution is 2.37. The summed E-state index contributed by atoms with van der Waals surface area (Å²) in [4.78, 5) is 25.4. The fourth-order valence-corrected chi connectivity index (χ4v) is 6.08. The van der Waals surface area contributed by atoms with Crippen molar-refractivity contribution in [3.63, 3.8) is 0 Å². The average Bonchev–Trinajstić information content (AvgIpc) is 3.65. The largest absolute Gasteiger partial charge is 0.496 e. The minimum Gasteiger partial charge on any atom is -0.496 e. The molecule has 16 heteroatoms. The Balaban J connectivity index is 0.000000197. The number of urea groups is 1. The molecule has 0 radical (unpaired) electrons. The first-order valence-corrected chi connectivity index (χ1v) is 17.4. The summed E-state index contributed by atoms with van der Waals surface area (Å²) in [5, 5.41) is 15.2. The summed E-state index contributed by atoms with van der Waals surface area (Å²) >= 11 is 18.4. The van der Waals surface area contributed by atoms with E-state index in [1.54, 1.807) is 96.6 Å². The van der Waals surface area contributed by atoms with Crippen LogP contribution in [0.4, 0.5) is 27.5 Å². The maximum atomic E-state index is 12.2. The standard InChI is InChI=1S/C18H16BrClN4O2.C11H12BrN3O.C7H4ClNO/c1-24-17(15(19)10-21-24)14-9-13(7-8-16(14)26-2)23-18(25)22-12-5-3-11(20)4-6-12;1-15-11(9(12)6-14-15)8-5-7(13)3-4-10(8)16-2;8-6-1-3-7(4-2-6)9-5-10/h3-10H,1-2H3,(H2,22,23,25);3-6H,13H2,1-2H3;1-4H. The molecule has 0 saturated carbocycles. The van der Waals surface area contributed by atoms with Crippen molar-refractivity contribution in [3.05, 3.63) is 116 Å². The number of nitrogens with zero attached hydrogens (tertiary/aromatic N) is 5. The average molecular weight is 871 g/mol. The molecule has 6 rings (SSSR count). The zero-order valence-corrected chi connectivity index (χ0v) is 32.9. The van der Waals surface area contributed by atoms with Crippen molar-refractivity contribution in [1.82, 2.24) is 19.6 Å². The smallest absolute Gasteiger partial charge is 0.323 e. The van der Waals surface area contributed by atoms with Crippen LogP contribution in [0.1, 0.15) is 0 Å². The number of hydrogen-bond donors (Lipinski definition) is 3. The van der Waals surface area contributed by atoms with Gasteiger partial charge in [-0.3, -0.25) is 9.36 Å². The number of carbonyl (C=O) groups is 1. The number of aromatic nitrogens is 4. The Hall–Kier alpha value is -5.11. The van der Waals surface area contributed by atoms with Gasteiger partial charge in [0.1, 0.15) is 11.5 Å². The predicted octanol–water partition coefficient (Wildman–Crippen LogP) is 9.90. The highest BCUT2D eigenvalue weighted by molar-refractivity contribution is 9.11. The number of amides is 2. The maximum Gasteiger partial charge on any atom is 0.323 e. The monoisotopic (exact) mass is 868 g/mol. The summed E-state index contributed by atoms with van der Waals surface area (Å²) in [6.45, 7) is 0. The van der Waals surface area contributed by atoms with Gasteiger partial charge in [0, 0.05) is 52.3 Å². The van der Waals surface area contributed by atoms with Crippen molar-refractivity contribution in [2.24, 2.45) is 19.1 Å². The Morgan fingerprint density at radius 2 is 1.21 bits per heavy atom. The number of methoxy groups -OCH3 is 2. The molecule has 268 valence electrons. The van der Waals surface area contributed by atoms with Crippen LogP contribution in [0.5, 0.6) is 11.5 Å². The van der Waals surface area contributed by atoms with E-state index in [1.807, 2.05) is 38.4 Å². The Morgan fingerprint density at radius 1 is 0.750 bits per heavy atom. The van der Waals surface area contributed by atoms with Crippen molar-refractivity contribution >= 4 is 89.9 Å². The van der Waals surface area contributed by atoms with Gasteiger partial charge >= 0.3 is 6.03 Å². The third-order valence-corrected chi connectivity index (χ3v) is 8.75. The predicted molar refractivity (Wildman–Crippen MR) is 214 cm³/mol. The van der Waals surface area contributed by atoms with Crippen LogP contribution in [0.2, 0.25) is 10.0 Å². The highest BCUT2D eigenvalue weighted by Gasteiger charge is 2.16. The second kappa shape index (κ2) is 18.9. The topological polar surface area (TPSA) is 151 Å². The molecular formula is C36H32Br2Cl2N8O4. The number of nitrogen functional groups attached to an aromatic ring is 1. The molecule has 4 N–H and O–H groups in total. The fraction of sp³-hybridized carbons (Fsp3) is 0.111. The van der Waals surface area contributed by atoms with Crippen LogP contribution in [-0.2, 0) is 18.9 Å². The van der Waals surface area contributed by atoms with Crippen LogP contribution in [0, 0.1) is 0 Å². The summed E-state index contributed by atoms with van der Waals surface area (Å²) < 4.78 is 16.0. The Morgan fingerprint density at radius 3 is 1.69 bits per heavy atom. The molecule has 6 aromatic rings. The van der Waals surface area contributed by atoms with E-state index in [-0.39, 0.29) is 6.03 Å². The molecule has 2 amide bonds. The Kier molecular flexibility index (Phi) is 14.4. The van der Waals surface area contributed by atoms with Gasteiger partial charge < -0.3 is 25.8 Å². The van der Waals surface area contributed by atoms with Gasteiger partial charge in [-0.25, -0.2) is 9.59 Å². The van der Waals surface area contributed by atoms with Gasteiger partial charge in [0.25, 0.3) is 0 Å². The molecule has 0 spiro atoms. The first-order valence-electron chi connectivity index (χ1n) is 15.1. The second-order valence-corrected chi connectivity index (χ2v) is 13.2. The molecule has 2 heterocycles. The van der Waals surface area contributed by atoms with E-state index in [0.717, 1.165) is 37.2 Å². The number of halogens is 4. The number of anilines is 3. The van der Waals surface area contributed by atoms with Gasteiger partial charge in [0.15, 0.2) is 0 Å². The zero-order valence-electron chi connectivity index (χ0n) is 28.2. The lowest BCUT2D eigenvalue weighted by Crippen LogP contribution is -2.19. The Labute approximate surface area is 326 Å². The van der Waals surface area contributed by atoms with Gasteiger partial charge in [0.2, 0.25) is 6.08 Å². The maximum absolute atomic E-state index is 12.2. The van der Waals surface area contributed by atoms with E-state index in [2.05, 4.69) is 57.7 Å². The van der Waals surface area contributed by atoms with Gasteiger partial charge in [-0.05, 0) is 117 Å². The SMILES string of the molecule is COc1ccc(N)cc1-c1c(Br)cnn1C.COc1ccc(NC(=O)Nc2ccc(Cl)cc2)cc1-c1c(Br)cnn1C.O=C=Nc1ccc(Cl)cc1. The zero-order chi connectivity index (χ0) is 37.8. The minimum atomic E-state index is -0.354. The molecule has 0 fully saturated rings. The number of hydrogen-bond acceptors (Lipinski definition) is 8. The van der Waals surface area contributed by atoms with Crippen LogP contribution < -0.4 is 25.8 Å². The molecule has 0 unspecified atom stereocenters. The van der Waals surface area contributed by atoms with Crippen LogP contribution in [-0.4, -0.2) is 45.9 Å². The summed E-state index contributed by atoms with van der Waals surface area (Å²) in [5.74, 6) is 1.46. The van der Waals surface area contributed by atoms with Gasteiger partial charge in [-0.15, -0.1) is 0 Å². The van der Waals surface area contributed by atoms with Gasteiger partial charge in [-0.1, -0.05) is 23.2 Å². The summed E-state index contributed by atoms with van der Waals surface area (Å²) in [5.41, 5.74) is 11.9. The van der Waals surface area contributed by atoms with Crippen LogP contribution >= 0.6 is 55.1 Å². The summed E-state index contributed by atoms with van der Waals surface area (Å²) in [6.07, 6.45) is 4.89. The number of ether oxygens (including phenoxy) is 2. The Bertz CT molecular complexity index is 2150. The molecule has 0 bridgehead atoms. The molecule has 12 nitrogen and oxygen atoms in total. The highest BCUT2D eigenvalue weighted by atomic mass is 79.9. The lowest BCUT2D eigenvalue weighted by Gasteiger charge is -2.13. The molecule has 4 aromatic carbocycles. The number of nitrogens with two attached hydrogens (primary N) is 1. The van der Waals surface area contributed by atoms with E-state index in [0.29, 0.717) is 38.5 Å². The van der Waals surface area contributed by atoms with Crippen molar-refractivity contribution in [3.8, 4) is 34.0 Å². The number of rotatable bonds is 7. The molecule has 2 aromatic heterocycles. The molecule has 0 aliphatic carbocycles. The number of benzene rings is 4. The number of isocyanates is 1. The molecule has 0 aliphatic heterocycles. The molecule has 0 atom stereocenters. The fourth-order valence-electron chi connectivity index (χ4n) is 4.70. The van der Waals surface area contributed by atoms with E-state index in [1.165, 1.54) is 6.08 Å². The first-order chi connectivity index (χ1) is 24.9. The van der Waals surface area contributed by atoms with E-state index >= 15 is 0 Å². The molecular weight excluding hydrogens is 839 g/mol. The first kappa shape index (κ1) is 39.7. The normalized spacial score (nSPS) is 10.1.